The van der Waals surface area contributed by atoms with Crippen LogP contribution in [-0.4, -0.2) is 15.3 Å². The molecule has 1 aromatic carbocycles. The summed E-state index contributed by atoms with van der Waals surface area (Å²) in [5.74, 6) is 0.104. The molecular weight excluding hydrogens is 298 g/mol. The lowest BCUT2D eigenvalue weighted by atomic mass is 9.89. The minimum atomic E-state index is -0.000727. The van der Waals surface area contributed by atoms with Crippen molar-refractivity contribution in [3.8, 4) is 0 Å². The zero-order chi connectivity index (χ0) is 16.7. The van der Waals surface area contributed by atoms with E-state index in [2.05, 4.69) is 35.0 Å². The molecule has 0 aliphatic heterocycles. The predicted molar refractivity (Wildman–Crippen MR) is 95.3 cm³/mol. The lowest BCUT2D eigenvalue weighted by Crippen LogP contribution is -2.28. The van der Waals surface area contributed by atoms with E-state index in [0.29, 0.717) is 0 Å². The zero-order valence-corrected chi connectivity index (χ0v) is 14.0. The number of aryl methyl sites for hydroxylation is 3. The monoisotopic (exact) mass is 319 g/mol. The number of carbonyl (C=O) groups excluding carboxylic acids is 1. The summed E-state index contributed by atoms with van der Waals surface area (Å²) in [4.78, 5) is 17.4. The number of hydrogen-bond donors (Lipinski definition) is 1. The number of hydrogen-bond acceptors (Lipinski definition) is 2. The van der Waals surface area contributed by atoms with Crippen LogP contribution >= 0.6 is 0 Å². The van der Waals surface area contributed by atoms with Crippen molar-refractivity contribution < 1.29 is 4.79 Å². The number of pyridine rings is 1. The Labute approximate surface area is 141 Å². The maximum atomic E-state index is 12.7. The van der Waals surface area contributed by atoms with Crippen LogP contribution in [0, 0.1) is 19.8 Å². The summed E-state index contributed by atoms with van der Waals surface area (Å²) in [6.45, 7) is 4.11. The normalized spacial score (nSPS) is 16.8. The van der Waals surface area contributed by atoms with Crippen LogP contribution in [0.4, 0.5) is 5.69 Å². The summed E-state index contributed by atoms with van der Waals surface area (Å²) in [5, 5.41) is 3.06. The molecule has 4 rings (SSSR count). The van der Waals surface area contributed by atoms with Crippen LogP contribution in [0.15, 0.2) is 42.6 Å². The van der Waals surface area contributed by atoms with E-state index in [0.717, 1.165) is 41.9 Å². The molecule has 1 amide bonds. The molecule has 1 aliphatic rings. The van der Waals surface area contributed by atoms with Crippen molar-refractivity contribution in [1.29, 1.82) is 0 Å². The number of aromatic nitrogens is 2. The van der Waals surface area contributed by atoms with E-state index < -0.39 is 0 Å². The first-order chi connectivity index (χ1) is 11.6. The SMILES string of the molecule is Cc1cccc(NC(=O)C2CCc3nc4cc(C)ccn4c3C2)c1. The average Bonchev–Trinajstić information content (AvgIpc) is 2.91. The first kappa shape index (κ1) is 14.9. The van der Waals surface area contributed by atoms with Gasteiger partial charge in [0.1, 0.15) is 5.65 Å². The van der Waals surface area contributed by atoms with Gasteiger partial charge in [0.15, 0.2) is 0 Å². The Hall–Kier alpha value is -2.62. The van der Waals surface area contributed by atoms with Gasteiger partial charge in [-0.05, 0) is 62.1 Å². The third kappa shape index (κ3) is 2.68. The predicted octanol–water partition coefficient (Wildman–Crippen LogP) is 3.69. The van der Waals surface area contributed by atoms with Gasteiger partial charge < -0.3 is 9.72 Å². The molecule has 0 radical (unpaired) electrons. The second-order valence-electron chi connectivity index (χ2n) is 6.74. The largest absolute Gasteiger partial charge is 0.326 e. The van der Waals surface area contributed by atoms with Gasteiger partial charge in [-0.1, -0.05) is 12.1 Å². The Morgan fingerprint density at radius 1 is 1.21 bits per heavy atom. The number of benzene rings is 1. The fourth-order valence-corrected chi connectivity index (χ4v) is 3.50. The summed E-state index contributed by atoms with van der Waals surface area (Å²) in [6, 6.07) is 12.1. The van der Waals surface area contributed by atoms with E-state index >= 15 is 0 Å². The number of amides is 1. The Morgan fingerprint density at radius 2 is 2.04 bits per heavy atom. The maximum absolute atomic E-state index is 12.7. The number of nitrogens with zero attached hydrogens (tertiary/aromatic N) is 2. The fraction of sp³-hybridized carbons (Fsp3) is 0.300. The molecule has 2 heterocycles. The summed E-state index contributed by atoms with van der Waals surface area (Å²) in [6.07, 6.45) is 4.53. The molecule has 4 nitrogen and oxygen atoms in total. The van der Waals surface area contributed by atoms with E-state index in [4.69, 9.17) is 4.98 Å². The van der Waals surface area contributed by atoms with Gasteiger partial charge in [0.05, 0.1) is 5.69 Å². The average molecular weight is 319 g/mol. The zero-order valence-electron chi connectivity index (χ0n) is 14.0. The van der Waals surface area contributed by atoms with Gasteiger partial charge in [0.25, 0.3) is 0 Å². The first-order valence-corrected chi connectivity index (χ1v) is 8.44. The molecule has 0 saturated heterocycles. The van der Waals surface area contributed by atoms with Gasteiger partial charge in [-0.3, -0.25) is 4.79 Å². The minimum Gasteiger partial charge on any atom is -0.326 e. The second kappa shape index (κ2) is 5.78. The van der Waals surface area contributed by atoms with E-state index in [-0.39, 0.29) is 11.8 Å². The highest BCUT2D eigenvalue weighted by Gasteiger charge is 2.28. The van der Waals surface area contributed by atoms with E-state index in [1.54, 1.807) is 0 Å². The van der Waals surface area contributed by atoms with Crippen molar-refractivity contribution in [3.63, 3.8) is 0 Å². The number of rotatable bonds is 2. The van der Waals surface area contributed by atoms with E-state index in [1.807, 2.05) is 31.2 Å². The molecule has 1 unspecified atom stereocenters. The van der Waals surface area contributed by atoms with Crippen LogP contribution < -0.4 is 5.32 Å². The minimum absolute atomic E-state index is 0.000727. The van der Waals surface area contributed by atoms with Gasteiger partial charge in [-0.15, -0.1) is 0 Å². The van der Waals surface area contributed by atoms with Gasteiger partial charge in [-0.2, -0.15) is 0 Å². The third-order valence-electron chi connectivity index (χ3n) is 4.79. The Bertz CT molecular complexity index is 926. The quantitative estimate of drug-likeness (QED) is 0.783. The molecule has 1 aliphatic carbocycles. The maximum Gasteiger partial charge on any atom is 0.227 e. The van der Waals surface area contributed by atoms with Gasteiger partial charge in [-0.25, -0.2) is 4.98 Å². The van der Waals surface area contributed by atoms with E-state index in [9.17, 15) is 4.79 Å². The Kier molecular flexibility index (Phi) is 3.60. The van der Waals surface area contributed by atoms with Crippen molar-refractivity contribution >= 4 is 17.2 Å². The second-order valence-corrected chi connectivity index (χ2v) is 6.74. The number of carbonyl (C=O) groups is 1. The molecule has 0 bridgehead atoms. The van der Waals surface area contributed by atoms with E-state index in [1.165, 1.54) is 11.3 Å². The molecule has 122 valence electrons. The molecular formula is C20H21N3O. The van der Waals surface area contributed by atoms with Gasteiger partial charge in [0, 0.05) is 29.9 Å². The van der Waals surface area contributed by atoms with Crippen molar-refractivity contribution in [2.45, 2.75) is 33.1 Å². The lowest BCUT2D eigenvalue weighted by Gasteiger charge is -2.21. The van der Waals surface area contributed by atoms with Crippen LogP contribution in [0.3, 0.4) is 0 Å². The molecule has 0 spiro atoms. The van der Waals surface area contributed by atoms with Crippen molar-refractivity contribution in [3.05, 3.63) is 65.1 Å². The summed E-state index contributed by atoms with van der Waals surface area (Å²) in [5.41, 5.74) is 6.54. The fourth-order valence-electron chi connectivity index (χ4n) is 3.50. The summed E-state index contributed by atoms with van der Waals surface area (Å²) in [7, 11) is 0. The Balaban J connectivity index is 1.57. The van der Waals surface area contributed by atoms with Crippen LogP contribution in [0.2, 0.25) is 0 Å². The molecule has 4 heteroatoms. The van der Waals surface area contributed by atoms with Crippen LogP contribution in [0.1, 0.15) is 28.9 Å². The molecule has 24 heavy (non-hydrogen) atoms. The highest BCUT2D eigenvalue weighted by Crippen LogP contribution is 2.27. The lowest BCUT2D eigenvalue weighted by molar-refractivity contribution is -0.120. The molecule has 1 atom stereocenters. The highest BCUT2D eigenvalue weighted by atomic mass is 16.1. The summed E-state index contributed by atoms with van der Waals surface area (Å²) >= 11 is 0. The van der Waals surface area contributed by atoms with Crippen LogP contribution in [0.5, 0.6) is 0 Å². The van der Waals surface area contributed by atoms with Gasteiger partial charge >= 0.3 is 0 Å². The smallest absolute Gasteiger partial charge is 0.227 e. The van der Waals surface area contributed by atoms with Crippen molar-refractivity contribution in [2.75, 3.05) is 5.32 Å². The topological polar surface area (TPSA) is 46.4 Å². The molecule has 0 saturated carbocycles. The van der Waals surface area contributed by atoms with Crippen molar-refractivity contribution in [2.24, 2.45) is 5.92 Å². The number of anilines is 1. The van der Waals surface area contributed by atoms with Crippen LogP contribution in [0.25, 0.3) is 5.65 Å². The molecule has 1 N–H and O–H groups in total. The Morgan fingerprint density at radius 3 is 2.88 bits per heavy atom. The molecule has 0 fully saturated rings. The number of nitrogens with one attached hydrogen (secondary N) is 1. The molecule has 3 aromatic rings. The third-order valence-corrected chi connectivity index (χ3v) is 4.79. The molecule has 2 aromatic heterocycles. The van der Waals surface area contributed by atoms with Crippen LogP contribution in [-0.2, 0) is 17.6 Å². The van der Waals surface area contributed by atoms with Crippen molar-refractivity contribution in [1.82, 2.24) is 9.38 Å². The number of imidazole rings is 1. The highest BCUT2D eigenvalue weighted by molar-refractivity contribution is 5.93. The first-order valence-electron chi connectivity index (χ1n) is 8.44. The standard InChI is InChI=1S/C20H21N3O/c1-13-4-3-5-16(10-13)21-20(24)15-6-7-17-18(12-15)23-9-8-14(2)11-19(23)22-17/h3-5,8-11,15H,6-7,12H2,1-2H3,(H,21,24). The van der Waals surface area contributed by atoms with Gasteiger partial charge in [0.2, 0.25) is 5.91 Å². The summed E-state index contributed by atoms with van der Waals surface area (Å²) < 4.78 is 2.13. The number of fused-ring (bicyclic) bond motifs is 3.